The van der Waals surface area contributed by atoms with Crippen molar-refractivity contribution in [3.8, 4) is 5.75 Å². The summed E-state index contributed by atoms with van der Waals surface area (Å²) < 4.78 is 5.46. The van der Waals surface area contributed by atoms with Gasteiger partial charge in [-0.05, 0) is 56.2 Å². The lowest BCUT2D eigenvalue weighted by molar-refractivity contribution is -0.123. The number of benzene rings is 1. The molecule has 1 unspecified atom stereocenters. The fourth-order valence-corrected chi connectivity index (χ4v) is 1.93. The molecule has 0 aliphatic heterocycles. The summed E-state index contributed by atoms with van der Waals surface area (Å²) in [6.45, 7) is 2.89. The Bertz CT molecular complexity index is 425. The molecule has 1 aliphatic rings. The molecule has 4 heteroatoms. The van der Waals surface area contributed by atoms with E-state index in [1.165, 1.54) is 18.4 Å². The van der Waals surface area contributed by atoms with Crippen LogP contribution in [0.15, 0.2) is 24.3 Å². The number of aryl methyl sites for hydroxylation is 1. The molecule has 0 radical (unpaired) electrons. The van der Waals surface area contributed by atoms with Gasteiger partial charge in [0.1, 0.15) is 5.75 Å². The van der Waals surface area contributed by atoms with E-state index >= 15 is 0 Å². The molecule has 1 aromatic carbocycles. The molecule has 20 heavy (non-hydrogen) atoms. The molecule has 0 aromatic heterocycles. The van der Waals surface area contributed by atoms with Crippen LogP contribution in [0.1, 0.15) is 31.7 Å². The maximum atomic E-state index is 11.5. The number of nitrogens with two attached hydrogens (primary N) is 1. The molecule has 1 fully saturated rings. The van der Waals surface area contributed by atoms with Crippen LogP contribution in [-0.2, 0) is 11.2 Å². The molecule has 3 N–H and O–H groups in total. The normalized spacial score (nSPS) is 15.7. The molecule has 110 valence electrons. The van der Waals surface area contributed by atoms with Crippen LogP contribution < -0.4 is 15.8 Å². The van der Waals surface area contributed by atoms with E-state index in [0.717, 1.165) is 25.1 Å². The Morgan fingerprint density at radius 3 is 2.70 bits per heavy atom. The number of carbonyl (C=O) groups excluding carboxylic acids is 1. The lowest BCUT2D eigenvalue weighted by Gasteiger charge is -2.08. The highest BCUT2D eigenvalue weighted by molar-refractivity contribution is 5.77. The van der Waals surface area contributed by atoms with Gasteiger partial charge < -0.3 is 15.8 Å². The van der Waals surface area contributed by atoms with Crippen molar-refractivity contribution in [2.75, 3.05) is 13.2 Å². The molecule has 1 aromatic rings. The van der Waals surface area contributed by atoms with Gasteiger partial charge in [-0.2, -0.15) is 0 Å². The topological polar surface area (TPSA) is 64.3 Å². The highest BCUT2D eigenvalue weighted by atomic mass is 16.5. The van der Waals surface area contributed by atoms with Gasteiger partial charge >= 0.3 is 0 Å². The Labute approximate surface area is 120 Å². The maximum absolute atomic E-state index is 11.5. The van der Waals surface area contributed by atoms with Crippen molar-refractivity contribution in [2.45, 2.75) is 38.6 Å². The molecule has 0 saturated heterocycles. The van der Waals surface area contributed by atoms with Gasteiger partial charge in [-0.25, -0.2) is 0 Å². The van der Waals surface area contributed by atoms with E-state index in [4.69, 9.17) is 10.5 Å². The molecule has 0 spiro atoms. The van der Waals surface area contributed by atoms with Gasteiger partial charge in [0.2, 0.25) is 0 Å². The molecule has 1 amide bonds. The molecule has 2 rings (SSSR count). The zero-order valence-electron chi connectivity index (χ0n) is 12.1. The maximum Gasteiger partial charge on any atom is 0.257 e. The second-order valence-electron chi connectivity index (χ2n) is 5.70. The Morgan fingerprint density at radius 2 is 2.10 bits per heavy atom. The lowest BCUT2D eigenvalue weighted by atomic mass is 10.1. The fourth-order valence-electron chi connectivity index (χ4n) is 1.93. The highest BCUT2D eigenvalue weighted by Crippen LogP contribution is 2.27. The van der Waals surface area contributed by atoms with E-state index < -0.39 is 0 Å². The first-order valence-electron chi connectivity index (χ1n) is 7.37. The Kier molecular flexibility index (Phi) is 5.41. The van der Waals surface area contributed by atoms with E-state index in [2.05, 4.69) is 5.32 Å². The predicted molar refractivity (Wildman–Crippen MR) is 79.6 cm³/mol. The van der Waals surface area contributed by atoms with Gasteiger partial charge in [0.05, 0.1) is 0 Å². The van der Waals surface area contributed by atoms with Crippen LogP contribution in [0.25, 0.3) is 0 Å². The van der Waals surface area contributed by atoms with E-state index in [0.29, 0.717) is 5.92 Å². The number of ether oxygens (including phenoxy) is 1. The third-order valence-electron chi connectivity index (χ3n) is 3.47. The van der Waals surface area contributed by atoms with Crippen LogP contribution in [-0.4, -0.2) is 25.1 Å². The second-order valence-corrected chi connectivity index (χ2v) is 5.70. The first-order chi connectivity index (χ1) is 9.63. The van der Waals surface area contributed by atoms with Crippen molar-refractivity contribution in [3.63, 3.8) is 0 Å². The molecular weight excluding hydrogens is 252 g/mol. The van der Waals surface area contributed by atoms with Crippen molar-refractivity contribution in [1.82, 2.24) is 5.32 Å². The summed E-state index contributed by atoms with van der Waals surface area (Å²) in [5.74, 6) is 1.39. The molecule has 1 aliphatic carbocycles. The summed E-state index contributed by atoms with van der Waals surface area (Å²) in [6.07, 6.45) is 4.43. The molecule has 4 nitrogen and oxygen atoms in total. The second kappa shape index (κ2) is 7.29. The van der Waals surface area contributed by atoms with Crippen LogP contribution in [0.3, 0.4) is 0 Å². The number of rotatable bonds is 8. The van der Waals surface area contributed by atoms with Gasteiger partial charge in [-0.1, -0.05) is 12.1 Å². The minimum absolute atomic E-state index is 0.0436. The average molecular weight is 276 g/mol. The number of amides is 1. The smallest absolute Gasteiger partial charge is 0.257 e. The summed E-state index contributed by atoms with van der Waals surface area (Å²) in [7, 11) is 0. The first kappa shape index (κ1) is 14.9. The Morgan fingerprint density at radius 1 is 1.40 bits per heavy atom. The van der Waals surface area contributed by atoms with E-state index in [1.807, 2.05) is 31.2 Å². The number of hydrogen-bond acceptors (Lipinski definition) is 3. The van der Waals surface area contributed by atoms with Gasteiger partial charge in [0.15, 0.2) is 6.61 Å². The summed E-state index contributed by atoms with van der Waals surface area (Å²) in [5.41, 5.74) is 6.98. The summed E-state index contributed by atoms with van der Waals surface area (Å²) in [4.78, 5) is 11.5. The lowest BCUT2D eigenvalue weighted by Crippen LogP contribution is -2.30. The zero-order valence-corrected chi connectivity index (χ0v) is 12.1. The third kappa shape index (κ3) is 5.61. The van der Waals surface area contributed by atoms with Crippen molar-refractivity contribution >= 4 is 5.91 Å². The van der Waals surface area contributed by atoms with E-state index in [9.17, 15) is 4.79 Å². The number of nitrogens with one attached hydrogen (secondary N) is 1. The van der Waals surface area contributed by atoms with Crippen molar-refractivity contribution < 1.29 is 9.53 Å². The Balaban J connectivity index is 1.68. The largest absolute Gasteiger partial charge is 0.484 e. The van der Waals surface area contributed by atoms with Crippen LogP contribution in [0.5, 0.6) is 5.75 Å². The van der Waals surface area contributed by atoms with Crippen LogP contribution in [0.2, 0.25) is 0 Å². The summed E-state index contributed by atoms with van der Waals surface area (Å²) in [5, 5.41) is 2.88. The average Bonchev–Trinajstić information content (AvgIpc) is 3.26. The molecule has 1 atom stereocenters. The standard InChI is InChI=1S/C16H24N2O2/c1-12(17)2-3-13-6-8-15(9-7-13)20-11-16(19)18-10-14-4-5-14/h6-9,12,14H,2-5,10-11,17H2,1H3,(H,18,19). The third-order valence-corrected chi connectivity index (χ3v) is 3.47. The first-order valence-corrected chi connectivity index (χ1v) is 7.37. The van der Waals surface area contributed by atoms with E-state index in [1.54, 1.807) is 0 Å². The van der Waals surface area contributed by atoms with Gasteiger partial charge in [-0.15, -0.1) is 0 Å². The molecule has 1 saturated carbocycles. The fraction of sp³-hybridized carbons (Fsp3) is 0.562. The minimum Gasteiger partial charge on any atom is -0.484 e. The molecular formula is C16H24N2O2. The van der Waals surface area contributed by atoms with Crippen molar-refractivity contribution in [1.29, 1.82) is 0 Å². The van der Waals surface area contributed by atoms with Gasteiger partial charge in [-0.3, -0.25) is 4.79 Å². The Hall–Kier alpha value is -1.55. The van der Waals surface area contributed by atoms with Gasteiger partial charge in [0, 0.05) is 12.6 Å². The SMILES string of the molecule is CC(N)CCc1ccc(OCC(=O)NCC2CC2)cc1. The van der Waals surface area contributed by atoms with Crippen LogP contribution in [0.4, 0.5) is 0 Å². The molecule has 0 bridgehead atoms. The van der Waals surface area contributed by atoms with E-state index in [-0.39, 0.29) is 18.6 Å². The van der Waals surface area contributed by atoms with Crippen LogP contribution >= 0.6 is 0 Å². The zero-order chi connectivity index (χ0) is 14.4. The highest BCUT2D eigenvalue weighted by Gasteiger charge is 2.21. The quantitative estimate of drug-likeness (QED) is 0.762. The summed E-state index contributed by atoms with van der Waals surface area (Å²) >= 11 is 0. The minimum atomic E-state index is -0.0436. The summed E-state index contributed by atoms with van der Waals surface area (Å²) in [6, 6.07) is 8.09. The van der Waals surface area contributed by atoms with Gasteiger partial charge in [0.25, 0.3) is 5.91 Å². The number of carbonyl (C=O) groups is 1. The van der Waals surface area contributed by atoms with Crippen molar-refractivity contribution in [2.24, 2.45) is 11.7 Å². The van der Waals surface area contributed by atoms with Crippen LogP contribution in [0, 0.1) is 5.92 Å². The molecule has 0 heterocycles. The monoisotopic (exact) mass is 276 g/mol. The number of hydrogen-bond donors (Lipinski definition) is 2. The predicted octanol–water partition coefficient (Wildman–Crippen LogP) is 1.87. The van der Waals surface area contributed by atoms with Crippen molar-refractivity contribution in [3.05, 3.63) is 29.8 Å².